The molecule has 0 heterocycles. The summed E-state index contributed by atoms with van der Waals surface area (Å²) in [5.41, 5.74) is 6.14. The van der Waals surface area contributed by atoms with Crippen LogP contribution in [0.5, 0.6) is 5.75 Å². The minimum absolute atomic E-state index is 0.461. The lowest BCUT2D eigenvalue weighted by atomic mass is 10.1. The number of unbranched alkanes of at least 4 members (excludes halogenated alkanes) is 1. The first-order valence-corrected chi connectivity index (χ1v) is 5.86. The van der Waals surface area contributed by atoms with Gasteiger partial charge in [-0.3, -0.25) is 4.79 Å². The summed E-state index contributed by atoms with van der Waals surface area (Å²) in [5, 5.41) is 0. The number of para-hydroxylation sites is 1. The molecule has 0 aliphatic heterocycles. The van der Waals surface area contributed by atoms with Crippen LogP contribution in [0.3, 0.4) is 0 Å². The highest BCUT2D eigenvalue weighted by Crippen LogP contribution is 2.21. The van der Waals surface area contributed by atoms with Crippen LogP contribution in [0.4, 0.5) is 0 Å². The quantitative estimate of drug-likeness (QED) is 0.821. The summed E-state index contributed by atoms with van der Waals surface area (Å²) in [4.78, 5) is 11.0. The number of amides is 1. The largest absolute Gasteiger partial charge is 0.480 e. The zero-order chi connectivity index (χ0) is 12.7. The molecular weight excluding hydrogens is 214 g/mol. The first-order valence-electron chi connectivity index (χ1n) is 5.86. The standard InChI is InChI=1S/C14H19NO2/c1-3-4-5-8-12-9-6-7-10-13(12)17-11(2)14(15)16/h5-11H,3-4H2,1-2H3,(H2,15,16). The molecule has 1 rings (SSSR count). The molecule has 92 valence electrons. The van der Waals surface area contributed by atoms with Crippen molar-refractivity contribution in [3.05, 3.63) is 35.9 Å². The molecule has 0 aromatic heterocycles. The fraction of sp³-hybridized carbons (Fsp3) is 0.357. The Morgan fingerprint density at radius 1 is 1.47 bits per heavy atom. The zero-order valence-electron chi connectivity index (χ0n) is 10.3. The van der Waals surface area contributed by atoms with Gasteiger partial charge in [-0.1, -0.05) is 43.7 Å². The first-order chi connectivity index (χ1) is 8.15. The topological polar surface area (TPSA) is 52.3 Å². The van der Waals surface area contributed by atoms with Crippen LogP contribution in [-0.4, -0.2) is 12.0 Å². The Bertz CT molecular complexity index is 399. The van der Waals surface area contributed by atoms with Gasteiger partial charge < -0.3 is 10.5 Å². The molecule has 1 aromatic carbocycles. The number of carbonyl (C=O) groups is 1. The van der Waals surface area contributed by atoms with E-state index in [4.69, 9.17) is 10.5 Å². The fourth-order valence-electron chi connectivity index (χ4n) is 1.35. The molecule has 0 saturated heterocycles. The minimum atomic E-state index is -0.615. The van der Waals surface area contributed by atoms with Crippen molar-refractivity contribution in [3.8, 4) is 5.75 Å². The average molecular weight is 233 g/mol. The van der Waals surface area contributed by atoms with Crippen molar-refractivity contribution in [1.82, 2.24) is 0 Å². The molecule has 3 nitrogen and oxygen atoms in total. The van der Waals surface area contributed by atoms with Gasteiger partial charge in [-0.15, -0.1) is 0 Å². The van der Waals surface area contributed by atoms with Crippen LogP contribution in [0, 0.1) is 0 Å². The Kier molecular flexibility index (Phi) is 5.27. The number of hydrogen-bond acceptors (Lipinski definition) is 2. The van der Waals surface area contributed by atoms with Gasteiger partial charge in [0.1, 0.15) is 5.75 Å². The summed E-state index contributed by atoms with van der Waals surface area (Å²) in [7, 11) is 0. The van der Waals surface area contributed by atoms with E-state index in [1.54, 1.807) is 6.92 Å². The summed E-state index contributed by atoms with van der Waals surface area (Å²) in [6.07, 6.45) is 5.62. The van der Waals surface area contributed by atoms with Crippen molar-refractivity contribution < 1.29 is 9.53 Å². The molecule has 1 atom stereocenters. The van der Waals surface area contributed by atoms with Gasteiger partial charge >= 0.3 is 0 Å². The highest BCUT2D eigenvalue weighted by molar-refractivity contribution is 5.78. The predicted octanol–water partition coefficient (Wildman–Crippen LogP) is 2.75. The molecule has 0 aliphatic carbocycles. The maximum atomic E-state index is 11.0. The molecule has 1 aromatic rings. The second-order valence-corrected chi connectivity index (χ2v) is 3.89. The number of hydrogen-bond donors (Lipinski definition) is 1. The summed E-state index contributed by atoms with van der Waals surface area (Å²) in [5.74, 6) is 0.225. The van der Waals surface area contributed by atoms with E-state index in [0.717, 1.165) is 18.4 Å². The van der Waals surface area contributed by atoms with Crippen molar-refractivity contribution in [3.63, 3.8) is 0 Å². The first kappa shape index (κ1) is 13.3. The molecule has 2 N–H and O–H groups in total. The van der Waals surface area contributed by atoms with Gasteiger partial charge in [0.05, 0.1) is 0 Å². The Hall–Kier alpha value is -1.77. The summed E-state index contributed by atoms with van der Waals surface area (Å²) >= 11 is 0. The van der Waals surface area contributed by atoms with Crippen LogP contribution in [-0.2, 0) is 4.79 Å². The van der Waals surface area contributed by atoms with E-state index < -0.39 is 12.0 Å². The van der Waals surface area contributed by atoms with Gasteiger partial charge in [0.2, 0.25) is 0 Å². The fourth-order valence-corrected chi connectivity index (χ4v) is 1.35. The van der Waals surface area contributed by atoms with Crippen LogP contribution >= 0.6 is 0 Å². The van der Waals surface area contributed by atoms with Gasteiger partial charge in [0.25, 0.3) is 5.91 Å². The number of allylic oxidation sites excluding steroid dienone is 1. The maximum Gasteiger partial charge on any atom is 0.258 e. The molecular formula is C14H19NO2. The summed E-state index contributed by atoms with van der Waals surface area (Å²) in [6, 6.07) is 7.61. The predicted molar refractivity (Wildman–Crippen MR) is 69.7 cm³/mol. The average Bonchev–Trinajstić information content (AvgIpc) is 2.31. The van der Waals surface area contributed by atoms with Gasteiger partial charge in [0.15, 0.2) is 6.10 Å². The SMILES string of the molecule is CCCC=Cc1ccccc1OC(C)C(N)=O. The third-order valence-corrected chi connectivity index (χ3v) is 2.38. The van der Waals surface area contributed by atoms with Gasteiger partial charge in [-0.05, 0) is 19.4 Å². The van der Waals surface area contributed by atoms with E-state index in [9.17, 15) is 4.79 Å². The van der Waals surface area contributed by atoms with Crippen molar-refractivity contribution in [2.45, 2.75) is 32.8 Å². The normalized spacial score (nSPS) is 12.6. The highest BCUT2D eigenvalue weighted by Gasteiger charge is 2.11. The molecule has 0 saturated carbocycles. The highest BCUT2D eigenvalue weighted by atomic mass is 16.5. The van der Waals surface area contributed by atoms with E-state index in [0.29, 0.717) is 5.75 Å². The summed E-state index contributed by atoms with van der Waals surface area (Å²) in [6.45, 7) is 3.77. The third kappa shape index (κ3) is 4.31. The summed E-state index contributed by atoms with van der Waals surface area (Å²) < 4.78 is 5.51. The Morgan fingerprint density at radius 3 is 2.82 bits per heavy atom. The maximum absolute atomic E-state index is 11.0. The lowest BCUT2D eigenvalue weighted by Gasteiger charge is -2.13. The monoisotopic (exact) mass is 233 g/mol. The lowest BCUT2D eigenvalue weighted by molar-refractivity contribution is -0.123. The van der Waals surface area contributed by atoms with Gasteiger partial charge in [-0.2, -0.15) is 0 Å². The number of carbonyl (C=O) groups excluding carboxylic acids is 1. The van der Waals surface area contributed by atoms with E-state index >= 15 is 0 Å². The Morgan fingerprint density at radius 2 is 2.18 bits per heavy atom. The second kappa shape index (κ2) is 6.74. The van der Waals surface area contributed by atoms with Crippen LogP contribution in [0.25, 0.3) is 6.08 Å². The van der Waals surface area contributed by atoms with Gasteiger partial charge in [-0.25, -0.2) is 0 Å². The van der Waals surface area contributed by atoms with Crippen molar-refractivity contribution in [2.24, 2.45) is 5.73 Å². The number of rotatable bonds is 6. The van der Waals surface area contributed by atoms with Crippen molar-refractivity contribution in [1.29, 1.82) is 0 Å². The van der Waals surface area contributed by atoms with E-state index in [2.05, 4.69) is 13.0 Å². The number of ether oxygens (including phenoxy) is 1. The molecule has 0 bridgehead atoms. The van der Waals surface area contributed by atoms with E-state index in [1.165, 1.54) is 0 Å². The minimum Gasteiger partial charge on any atom is -0.480 e. The van der Waals surface area contributed by atoms with Gasteiger partial charge in [0, 0.05) is 5.56 Å². The van der Waals surface area contributed by atoms with E-state index in [1.807, 2.05) is 30.3 Å². The molecule has 1 unspecified atom stereocenters. The van der Waals surface area contributed by atoms with Crippen molar-refractivity contribution in [2.75, 3.05) is 0 Å². The Balaban J connectivity index is 2.80. The molecule has 1 amide bonds. The van der Waals surface area contributed by atoms with E-state index in [-0.39, 0.29) is 0 Å². The Labute approximate surface area is 102 Å². The molecule has 0 aliphatic rings. The molecule has 3 heteroatoms. The van der Waals surface area contributed by atoms with Crippen LogP contribution in [0.2, 0.25) is 0 Å². The van der Waals surface area contributed by atoms with Crippen LogP contribution in [0.15, 0.2) is 30.3 Å². The van der Waals surface area contributed by atoms with Crippen LogP contribution < -0.4 is 10.5 Å². The lowest BCUT2D eigenvalue weighted by Crippen LogP contribution is -2.30. The third-order valence-electron chi connectivity index (χ3n) is 2.38. The van der Waals surface area contributed by atoms with Crippen LogP contribution in [0.1, 0.15) is 32.3 Å². The molecule has 0 fully saturated rings. The number of primary amides is 1. The number of benzene rings is 1. The molecule has 0 spiro atoms. The zero-order valence-corrected chi connectivity index (χ0v) is 10.3. The smallest absolute Gasteiger partial charge is 0.258 e. The van der Waals surface area contributed by atoms with Crippen molar-refractivity contribution >= 4 is 12.0 Å². The second-order valence-electron chi connectivity index (χ2n) is 3.89. The molecule has 0 radical (unpaired) electrons. The molecule has 17 heavy (non-hydrogen) atoms. The number of nitrogens with two attached hydrogens (primary N) is 1.